The number of nitrogens with zero attached hydrogens (tertiary/aromatic N) is 1. The van der Waals surface area contributed by atoms with Crippen LogP contribution in [0.25, 0.3) is 0 Å². The van der Waals surface area contributed by atoms with Gasteiger partial charge in [-0.1, -0.05) is 6.07 Å². The fourth-order valence-electron chi connectivity index (χ4n) is 1.45. The van der Waals surface area contributed by atoms with Gasteiger partial charge in [0.2, 0.25) is 0 Å². The second kappa shape index (κ2) is 5.73. The van der Waals surface area contributed by atoms with Crippen LogP contribution in [0, 0.1) is 0 Å². The van der Waals surface area contributed by atoms with Crippen LogP contribution in [0.4, 0.5) is 5.82 Å². The minimum atomic E-state index is 0.380. The molecule has 0 spiro atoms. The van der Waals surface area contributed by atoms with E-state index in [1.165, 1.54) is 0 Å². The molecule has 0 amide bonds. The summed E-state index contributed by atoms with van der Waals surface area (Å²) in [5.74, 6) is 2.00. The highest BCUT2D eigenvalue weighted by Crippen LogP contribution is 2.29. The van der Waals surface area contributed by atoms with Crippen LogP contribution in [0.5, 0.6) is 11.5 Å². The molecular weight excluding hydrogens is 296 g/mol. The topological polar surface area (TPSA) is 57.4 Å². The van der Waals surface area contributed by atoms with Crippen molar-refractivity contribution in [3.05, 3.63) is 46.6 Å². The van der Waals surface area contributed by atoms with Gasteiger partial charge in [-0.15, -0.1) is 0 Å². The fraction of sp³-hybridized carbons (Fsp3) is 0.154. The molecule has 0 fully saturated rings. The number of halogens is 1. The number of methoxy groups -OCH3 is 1. The quantitative estimate of drug-likeness (QED) is 0.943. The second-order valence-electron chi connectivity index (χ2n) is 3.63. The average molecular weight is 309 g/mol. The standard InChI is InChI=1S/C13H13BrN2O2/c1-17-10-4-5-12(11(14)7-10)18-8-9-3-2-6-16-13(9)15/h2-7H,8H2,1H3,(H2,15,16). The first kappa shape index (κ1) is 12.7. The van der Waals surface area contributed by atoms with Gasteiger partial charge < -0.3 is 15.2 Å². The van der Waals surface area contributed by atoms with Crippen molar-refractivity contribution in [2.24, 2.45) is 0 Å². The highest BCUT2D eigenvalue weighted by molar-refractivity contribution is 9.10. The predicted octanol–water partition coefficient (Wildman–Crippen LogP) is 3.01. The van der Waals surface area contributed by atoms with E-state index in [-0.39, 0.29) is 0 Å². The molecule has 18 heavy (non-hydrogen) atoms. The molecule has 1 heterocycles. The molecule has 0 unspecified atom stereocenters. The first-order valence-electron chi connectivity index (χ1n) is 5.36. The molecule has 4 nitrogen and oxygen atoms in total. The van der Waals surface area contributed by atoms with Gasteiger partial charge in [0, 0.05) is 11.8 Å². The van der Waals surface area contributed by atoms with E-state index in [0.29, 0.717) is 12.4 Å². The van der Waals surface area contributed by atoms with Gasteiger partial charge in [-0.2, -0.15) is 0 Å². The number of nitrogens with two attached hydrogens (primary N) is 1. The Bertz CT molecular complexity index is 546. The maximum absolute atomic E-state index is 5.75. The normalized spacial score (nSPS) is 10.1. The van der Waals surface area contributed by atoms with Crippen LogP contribution >= 0.6 is 15.9 Å². The van der Waals surface area contributed by atoms with Crippen molar-refractivity contribution >= 4 is 21.7 Å². The van der Waals surface area contributed by atoms with E-state index in [0.717, 1.165) is 21.5 Å². The van der Waals surface area contributed by atoms with Crippen LogP contribution in [0.15, 0.2) is 41.0 Å². The zero-order chi connectivity index (χ0) is 13.0. The molecule has 0 saturated heterocycles. The third-order valence-electron chi connectivity index (χ3n) is 2.45. The Morgan fingerprint density at radius 1 is 1.33 bits per heavy atom. The van der Waals surface area contributed by atoms with Gasteiger partial charge in [0.05, 0.1) is 11.6 Å². The summed E-state index contributed by atoms with van der Waals surface area (Å²) in [5.41, 5.74) is 6.61. The van der Waals surface area contributed by atoms with Crippen LogP contribution < -0.4 is 15.2 Å². The molecular formula is C13H13BrN2O2. The average Bonchev–Trinajstić information content (AvgIpc) is 2.39. The van der Waals surface area contributed by atoms with Crippen LogP contribution in [0.3, 0.4) is 0 Å². The second-order valence-corrected chi connectivity index (χ2v) is 4.49. The third-order valence-corrected chi connectivity index (χ3v) is 3.07. The van der Waals surface area contributed by atoms with Crippen molar-refractivity contribution in [2.75, 3.05) is 12.8 Å². The van der Waals surface area contributed by atoms with Crippen molar-refractivity contribution in [3.63, 3.8) is 0 Å². The van der Waals surface area contributed by atoms with Crippen LogP contribution in [-0.4, -0.2) is 12.1 Å². The van der Waals surface area contributed by atoms with Gasteiger partial charge in [-0.3, -0.25) is 0 Å². The molecule has 0 aliphatic rings. The molecule has 2 N–H and O–H groups in total. The summed E-state index contributed by atoms with van der Waals surface area (Å²) in [6.45, 7) is 0.380. The summed E-state index contributed by atoms with van der Waals surface area (Å²) >= 11 is 3.43. The Hall–Kier alpha value is -1.75. The van der Waals surface area contributed by atoms with Crippen molar-refractivity contribution in [1.82, 2.24) is 4.98 Å². The number of aromatic nitrogens is 1. The van der Waals surface area contributed by atoms with Gasteiger partial charge in [0.25, 0.3) is 0 Å². The molecule has 0 bridgehead atoms. The van der Waals surface area contributed by atoms with E-state index >= 15 is 0 Å². The molecule has 0 saturated carbocycles. The van der Waals surface area contributed by atoms with Crippen LogP contribution in [0.2, 0.25) is 0 Å². The number of pyridine rings is 1. The maximum atomic E-state index is 5.75. The van der Waals surface area contributed by atoms with Gasteiger partial charge in [0.15, 0.2) is 0 Å². The highest BCUT2D eigenvalue weighted by atomic mass is 79.9. The monoisotopic (exact) mass is 308 g/mol. The largest absolute Gasteiger partial charge is 0.497 e. The first-order chi connectivity index (χ1) is 8.70. The zero-order valence-corrected chi connectivity index (χ0v) is 11.5. The van der Waals surface area contributed by atoms with Gasteiger partial charge in [-0.05, 0) is 40.2 Å². The smallest absolute Gasteiger partial charge is 0.134 e. The summed E-state index contributed by atoms with van der Waals surface area (Å²) in [6.07, 6.45) is 1.65. The molecule has 0 aliphatic heterocycles. The molecule has 2 rings (SSSR count). The minimum absolute atomic E-state index is 0.380. The van der Waals surface area contributed by atoms with E-state index in [2.05, 4.69) is 20.9 Å². The molecule has 0 aliphatic carbocycles. The predicted molar refractivity (Wildman–Crippen MR) is 73.7 cm³/mol. The van der Waals surface area contributed by atoms with Crippen molar-refractivity contribution in [3.8, 4) is 11.5 Å². The molecule has 94 valence electrons. The summed E-state index contributed by atoms with van der Waals surface area (Å²) < 4.78 is 11.6. The molecule has 1 aromatic heterocycles. The SMILES string of the molecule is COc1ccc(OCc2cccnc2N)c(Br)c1. The fourth-order valence-corrected chi connectivity index (χ4v) is 1.93. The van der Waals surface area contributed by atoms with Crippen LogP contribution in [-0.2, 0) is 6.61 Å². The minimum Gasteiger partial charge on any atom is -0.497 e. The third kappa shape index (κ3) is 2.92. The number of rotatable bonds is 4. The molecule has 0 radical (unpaired) electrons. The zero-order valence-electron chi connectivity index (χ0n) is 9.89. The van der Waals surface area contributed by atoms with Crippen LogP contribution in [0.1, 0.15) is 5.56 Å². The lowest BCUT2D eigenvalue weighted by molar-refractivity contribution is 0.303. The summed E-state index contributed by atoms with van der Waals surface area (Å²) in [6, 6.07) is 9.25. The highest BCUT2D eigenvalue weighted by Gasteiger charge is 2.05. The van der Waals surface area contributed by atoms with E-state index in [1.54, 1.807) is 13.3 Å². The van der Waals surface area contributed by atoms with Gasteiger partial charge in [-0.25, -0.2) is 4.98 Å². The van der Waals surface area contributed by atoms with E-state index in [1.807, 2.05) is 30.3 Å². The Labute approximate surface area is 114 Å². The lowest BCUT2D eigenvalue weighted by atomic mass is 10.2. The number of nitrogen functional groups attached to an aromatic ring is 1. The maximum Gasteiger partial charge on any atom is 0.134 e. The van der Waals surface area contributed by atoms with E-state index in [9.17, 15) is 0 Å². The molecule has 2 aromatic rings. The number of anilines is 1. The summed E-state index contributed by atoms with van der Waals surface area (Å²) in [4.78, 5) is 4.01. The lowest BCUT2D eigenvalue weighted by Crippen LogP contribution is -2.02. The number of ether oxygens (including phenoxy) is 2. The number of hydrogen-bond donors (Lipinski definition) is 1. The summed E-state index contributed by atoms with van der Waals surface area (Å²) in [5, 5.41) is 0. The molecule has 0 atom stereocenters. The Balaban J connectivity index is 2.09. The van der Waals surface area contributed by atoms with E-state index in [4.69, 9.17) is 15.2 Å². The Morgan fingerprint density at radius 2 is 2.17 bits per heavy atom. The molecule has 5 heteroatoms. The van der Waals surface area contributed by atoms with Crippen molar-refractivity contribution < 1.29 is 9.47 Å². The van der Waals surface area contributed by atoms with E-state index < -0.39 is 0 Å². The van der Waals surface area contributed by atoms with Gasteiger partial charge >= 0.3 is 0 Å². The van der Waals surface area contributed by atoms with Crippen molar-refractivity contribution in [2.45, 2.75) is 6.61 Å². The van der Waals surface area contributed by atoms with Crippen molar-refractivity contribution in [1.29, 1.82) is 0 Å². The Morgan fingerprint density at radius 3 is 2.83 bits per heavy atom. The first-order valence-corrected chi connectivity index (χ1v) is 6.15. The summed E-state index contributed by atoms with van der Waals surface area (Å²) in [7, 11) is 1.62. The number of hydrogen-bond acceptors (Lipinski definition) is 4. The number of benzene rings is 1. The Kier molecular flexibility index (Phi) is 4.04. The lowest BCUT2D eigenvalue weighted by Gasteiger charge is -2.10. The van der Waals surface area contributed by atoms with Gasteiger partial charge in [0.1, 0.15) is 23.9 Å². The molecule has 1 aromatic carbocycles.